The maximum Gasteiger partial charge on any atom is 0.264 e. The second-order valence-corrected chi connectivity index (χ2v) is 5.92. The van der Waals surface area contributed by atoms with Gasteiger partial charge in [0.05, 0.1) is 0 Å². The number of pyridine rings is 1. The van der Waals surface area contributed by atoms with E-state index in [9.17, 15) is 13.6 Å². The molecular formula is C18H20F2N2O. The zero-order valence-corrected chi connectivity index (χ0v) is 13.4. The standard InChI is InChI=1S/C18H20F2N2O/c1-3-22-7-4-5-13-9-14(15(18(19)20)11-16(13)22)12-6-8-21(2)17(23)10-12/h6,8-11,18H,3-5,7H2,1-2H3. The minimum absolute atomic E-state index is 0.00245. The molecule has 3 nitrogen and oxygen atoms in total. The second-order valence-electron chi connectivity index (χ2n) is 5.92. The van der Waals surface area contributed by atoms with Crippen LogP contribution in [0.1, 0.15) is 30.9 Å². The smallest absolute Gasteiger partial charge is 0.264 e. The van der Waals surface area contributed by atoms with Gasteiger partial charge in [-0.1, -0.05) is 0 Å². The third-order valence-electron chi connectivity index (χ3n) is 4.50. The van der Waals surface area contributed by atoms with Crippen LogP contribution >= 0.6 is 0 Å². The normalized spacial score (nSPS) is 14.2. The van der Waals surface area contributed by atoms with Gasteiger partial charge in [-0.2, -0.15) is 0 Å². The Bertz CT molecular complexity index is 783. The average Bonchev–Trinajstić information content (AvgIpc) is 2.55. The molecule has 0 spiro atoms. The molecule has 0 atom stereocenters. The van der Waals surface area contributed by atoms with E-state index in [0.717, 1.165) is 37.2 Å². The summed E-state index contributed by atoms with van der Waals surface area (Å²) in [4.78, 5) is 14.0. The summed E-state index contributed by atoms with van der Waals surface area (Å²) in [5.74, 6) is 0. The summed E-state index contributed by atoms with van der Waals surface area (Å²) in [7, 11) is 1.64. The number of hydrogen-bond acceptors (Lipinski definition) is 2. The van der Waals surface area contributed by atoms with E-state index >= 15 is 0 Å². The predicted octanol–water partition coefficient (Wildman–Crippen LogP) is 3.76. The molecule has 0 bridgehead atoms. The topological polar surface area (TPSA) is 25.2 Å². The van der Waals surface area contributed by atoms with Crippen molar-refractivity contribution in [2.24, 2.45) is 7.05 Å². The minimum atomic E-state index is -2.57. The summed E-state index contributed by atoms with van der Waals surface area (Å²) in [6.07, 6.45) is 0.947. The molecule has 1 aromatic carbocycles. The Morgan fingerprint density at radius 1 is 1.26 bits per heavy atom. The SMILES string of the molecule is CCN1CCCc2cc(-c3ccn(C)c(=O)c3)c(C(F)F)cc21. The molecular weight excluding hydrogens is 298 g/mol. The van der Waals surface area contributed by atoms with Crippen molar-refractivity contribution < 1.29 is 8.78 Å². The van der Waals surface area contributed by atoms with Crippen LogP contribution in [-0.4, -0.2) is 17.7 Å². The summed E-state index contributed by atoms with van der Waals surface area (Å²) in [5.41, 5.74) is 2.81. The van der Waals surface area contributed by atoms with Crippen molar-refractivity contribution in [1.82, 2.24) is 4.57 Å². The summed E-state index contributed by atoms with van der Waals surface area (Å²) < 4.78 is 28.6. The van der Waals surface area contributed by atoms with Crippen LogP contribution in [0.4, 0.5) is 14.5 Å². The number of nitrogens with zero attached hydrogens (tertiary/aromatic N) is 2. The van der Waals surface area contributed by atoms with Gasteiger partial charge in [-0.25, -0.2) is 8.78 Å². The van der Waals surface area contributed by atoms with Gasteiger partial charge in [0.1, 0.15) is 0 Å². The van der Waals surface area contributed by atoms with Crippen molar-refractivity contribution in [1.29, 1.82) is 0 Å². The fourth-order valence-corrected chi connectivity index (χ4v) is 3.20. The van der Waals surface area contributed by atoms with E-state index in [0.29, 0.717) is 11.1 Å². The number of halogens is 2. The van der Waals surface area contributed by atoms with E-state index in [2.05, 4.69) is 4.90 Å². The van der Waals surface area contributed by atoms with Gasteiger partial charge in [-0.3, -0.25) is 4.79 Å². The molecule has 0 fully saturated rings. The molecule has 2 heterocycles. The van der Waals surface area contributed by atoms with Gasteiger partial charge in [0.2, 0.25) is 0 Å². The molecule has 3 rings (SSSR count). The van der Waals surface area contributed by atoms with Crippen LogP contribution in [-0.2, 0) is 13.5 Å². The number of anilines is 1. The highest BCUT2D eigenvalue weighted by Crippen LogP contribution is 2.38. The molecule has 1 aliphatic rings. The van der Waals surface area contributed by atoms with Crippen molar-refractivity contribution >= 4 is 5.69 Å². The van der Waals surface area contributed by atoms with Crippen molar-refractivity contribution in [3.8, 4) is 11.1 Å². The summed E-state index contributed by atoms with van der Waals surface area (Å²) >= 11 is 0. The van der Waals surface area contributed by atoms with Crippen LogP contribution in [0, 0.1) is 0 Å². The molecule has 0 radical (unpaired) electrons. The van der Waals surface area contributed by atoms with Gasteiger partial charge in [-0.15, -0.1) is 0 Å². The Kier molecular flexibility index (Phi) is 4.20. The van der Waals surface area contributed by atoms with Crippen LogP contribution in [0.15, 0.2) is 35.3 Å². The summed E-state index contributed by atoms with van der Waals surface area (Å²) in [5, 5.41) is 0. The Hall–Kier alpha value is -2.17. The lowest BCUT2D eigenvalue weighted by molar-refractivity contribution is 0.152. The molecule has 23 heavy (non-hydrogen) atoms. The number of rotatable bonds is 3. The van der Waals surface area contributed by atoms with E-state index in [1.807, 2.05) is 13.0 Å². The summed E-state index contributed by atoms with van der Waals surface area (Å²) in [6.45, 7) is 3.74. The first kappa shape index (κ1) is 15.7. The van der Waals surface area contributed by atoms with Crippen molar-refractivity contribution in [3.63, 3.8) is 0 Å². The van der Waals surface area contributed by atoms with E-state index in [4.69, 9.17) is 0 Å². The molecule has 5 heteroatoms. The highest BCUT2D eigenvalue weighted by molar-refractivity contribution is 5.73. The fourth-order valence-electron chi connectivity index (χ4n) is 3.20. The average molecular weight is 318 g/mol. The maximum atomic E-state index is 13.6. The van der Waals surface area contributed by atoms with E-state index < -0.39 is 6.43 Å². The van der Waals surface area contributed by atoms with Gasteiger partial charge in [0.25, 0.3) is 12.0 Å². The van der Waals surface area contributed by atoms with Gasteiger partial charge in [-0.05, 0) is 54.7 Å². The third-order valence-corrected chi connectivity index (χ3v) is 4.50. The molecule has 0 unspecified atom stereocenters. The molecule has 122 valence electrons. The van der Waals surface area contributed by atoms with E-state index in [-0.39, 0.29) is 11.1 Å². The number of fused-ring (bicyclic) bond motifs is 1. The van der Waals surface area contributed by atoms with Crippen LogP contribution in [0.25, 0.3) is 11.1 Å². The summed E-state index contributed by atoms with van der Waals surface area (Å²) in [6, 6.07) is 6.59. The molecule has 1 aromatic heterocycles. The number of aromatic nitrogens is 1. The lowest BCUT2D eigenvalue weighted by Crippen LogP contribution is -2.29. The Morgan fingerprint density at radius 3 is 2.70 bits per heavy atom. The Labute approximate surface area is 134 Å². The first-order valence-corrected chi connectivity index (χ1v) is 7.88. The van der Waals surface area contributed by atoms with Crippen molar-refractivity contribution in [3.05, 3.63) is 51.9 Å². The highest BCUT2D eigenvalue weighted by atomic mass is 19.3. The first-order chi connectivity index (χ1) is 11.0. The lowest BCUT2D eigenvalue weighted by Gasteiger charge is -2.31. The number of hydrogen-bond donors (Lipinski definition) is 0. The monoisotopic (exact) mass is 318 g/mol. The van der Waals surface area contributed by atoms with E-state index in [1.54, 1.807) is 25.4 Å². The molecule has 2 aromatic rings. The third kappa shape index (κ3) is 2.87. The minimum Gasteiger partial charge on any atom is -0.372 e. The van der Waals surface area contributed by atoms with Crippen LogP contribution < -0.4 is 10.5 Å². The zero-order valence-electron chi connectivity index (χ0n) is 13.4. The van der Waals surface area contributed by atoms with Crippen molar-refractivity contribution in [2.45, 2.75) is 26.2 Å². The van der Waals surface area contributed by atoms with Crippen LogP contribution in [0.3, 0.4) is 0 Å². The molecule has 0 aliphatic carbocycles. The highest BCUT2D eigenvalue weighted by Gasteiger charge is 2.22. The Balaban J connectivity index is 2.19. The molecule has 1 aliphatic heterocycles. The molecule has 0 saturated carbocycles. The molecule has 0 saturated heterocycles. The largest absolute Gasteiger partial charge is 0.372 e. The molecule has 0 N–H and O–H groups in total. The second kappa shape index (κ2) is 6.14. The van der Waals surface area contributed by atoms with Gasteiger partial charge >= 0.3 is 0 Å². The first-order valence-electron chi connectivity index (χ1n) is 7.88. The maximum absolute atomic E-state index is 13.6. The quantitative estimate of drug-likeness (QED) is 0.861. The van der Waals surface area contributed by atoms with Crippen LogP contribution in [0.2, 0.25) is 0 Å². The van der Waals surface area contributed by atoms with Crippen LogP contribution in [0.5, 0.6) is 0 Å². The van der Waals surface area contributed by atoms with Gasteiger partial charge in [0.15, 0.2) is 0 Å². The Morgan fingerprint density at radius 2 is 2.04 bits per heavy atom. The number of alkyl halides is 2. The van der Waals surface area contributed by atoms with E-state index in [1.165, 1.54) is 10.6 Å². The number of benzene rings is 1. The lowest BCUT2D eigenvalue weighted by atomic mass is 9.92. The number of aryl methyl sites for hydroxylation is 2. The predicted molar refractivity (Wildman–Crippen MR) is 88.3 cm³/mol. The zero-order chi connectivity index (χ0) is 16.6. The fraction of sp³-hybridized carbons (Fsp3) is 0.389. The van der Waals surface area contributed by atoms with Gasteiger partial charge < -0.3 is 9.47 Å². The van der Waals surface area contributed by atoms with Crippen molar-refractivity contribution in [2.75, 3.05) is 18.0 Å². The van der Waals surface area contributed by atoms with Gasteiger partial charge in [0, 0.05) is 43.7 Å². The molecule has 0 amide bonds.